The molecule has 5 heteroatoms. The number of hydrogen-bond acceptors (Lipinski definition) is 3. The first-order chi connectivity index (χ1) is 10.1. The predicted molar refractivity (Wildman–Crippen MR) is 84.4 cm³/mol. The maximum Gasteiger partial charge on any atom is 0.253 e. The van der Waals surface area contributed by atoms with Gasteiger partial charge in [-0.15, -0.1) is 0 Å². The smallest absolute Gasteiger partial charge is 0.253 e. The molecule has 0 aliphatic carbocycles. The highest BCUT2D eigenvalue weighted by atomic mass is 35.5. The van der Waals surface area contributed by atoms with Crippen molar-refractivity contribution in [1.29, 1.82) is 0 Å². The van der Waals surface area contributed by atoms with Crippen molar-refractivity contribution in [2.75, 3.05) is 12.3 Å². The van der Waals surface area contributed by atoms with E-state index in [4.69, 9.17) is 17.3 Å². The fourth-order valence-electron chi connectivity index (χ4n) is 2.04. The molecular weight excluding hydrogens is 288 g/mol. The molecule has 0 saturated heterocycles. The lowest BCUT2D eigenvalue weighted by molar-refractivity contribution is 0.0916. The summed E-state index contributed by atoms with van der Waals surface area (Å²) in [6, 6.07) is 14.0. The van der Waals surface area contributed by atoms with Gasteiger partial charge < -0.3 is 16.2 Å². The van der Waals surface area contributed by atoms with Crippen LogP contribution in [0.4, 0.5) is 5.69 Å². The van der Waals surface area contributed by atoms with Crippen molar-refractivity contribution < 1.29 is 9.90 Å². The molecule has 2 aromatic rings. The standard InChI is InChI=1S/C16H17ClN2O2/c17-15-9-12(18)6-7-14(15)16(21)19-13(10-20)8-11-4-2-1-3-5-11/h1-7,9,13,20H,8,10,18H2,(H,19,21)/t13-/m0/s1. The first-order valence-electron chi connectivity index (χ1n) is 6.61. The molecule has 1 atom stereocenters. The van der Waals surface area contributed by atoms with Crippen LogP contribution in [0.5, 0.6) is 0 Å². The summed E-state index contributed by atoms with van der Waals surface area (Å²) >= 11 is 6.01. The molecule has 0 aliphatic rings. The van der Waals surface area contributed by atoms with Crippen LogP contribution in [0.3, 0.4) is 0 Å². The largest absolute Gasteiger partial charge is 0.399 e. The van der Waals surface area contributed by atoms with Gasteiger partial charge in [0.15, 0.2) is 0 Å². The molecule has 2 rings (SSSR count). The Balaban J connectivity index is 2.06. The number of anilines is 1. The molecule has 0 unspecified atom stereocenters. The van der Waals surface area contributed by atoms with Crippen LogP contribution in [-0.4, -0.2) is 23.7 Å². The molecule has 0 radical (unpaired) electrons. The molecule has 4 N–H and O–H groups in total. The van der Waals surface area contributed by atoms with E-state index in [0.717, 1.165) is 5.56 Å². The zero-order valence-corrected chi connectivity index (χ0v) is 12.2. The lowest BCUT2D eigenvalue weighted by Gasteiger charge is -2.17. The van der Waals surface area contributed by atoms with E-state index in [2.05, 4.69) is 5.32 Å². The Morgan fingerprint density at radius 1 is 1.24 bits per heavy atom. The number of nitrogens with one attached hydrogen (secondary N) is 1. The van der Waals surface area contributed by atoms with Crippen molar-refractivity contribution in [3.63, 3.8) is 0 Å². The Kier molecular flexibility index (Phi) is 5.20. The maximum absolute atomic E-state index is 12.2. The van der Waals surface area contributed by atoms with Crippen LogP contribution >= 0.6 is 11.6 Å². The number of carbonyl (C=O) groups is 1. The third-order valence-electron chi connectivity index (χ3n) is 3.12. The van der Waals surface area contributed by atoms with Gasteiger partial charge in [-0.1, -0.05) is 41.9 Å². The number of rotatable bonds is 5. The second-order valence-corrected chi connectivity index (χ2v) is 5.19. The Hall–Kier alpha value is -2.04. The number of halogens is 1. The van der Waals surface area contributed by atoms with Gasteiger partial charge in [0.2, 0.25) is 0 Å². The first-order valence-corrected chi connectivity index (χ1v) is 6.98. The van der Waals surface area contributed by atoms with Gasteiger partial charge in [-0.05, 0) is 30.2 Å². The minimum atomic E-state index is -0.367. The molecule has 0 bridgehead atoms. The van der Waals surface area contributed by atoms with E-state index in [1.807, 2.05) is 30.3 Å². The van der Waals surface area contributed by atoms with E-state index in [1.54, 1.807) is 12.1 Å². The summed E-state index contributed by atoms with van der Waals surface area (Å²) in [5.74, 6) is -0.324. The summed E-state index contributed by atoms with van der Waals surface area (Å²) in [5.41, 5.74) is 7.49. The molecule has 2 aromatic carbocycles. The Labute approximate surface area is 128 Å². The molecule has 0 spiro atoms. The first kappa shape index (κ1) is 15.4. The van der Waals surface area contributed by atoms with Crippen LogP contribution in [0.15, 0.2) is 48.5 Å². The molecule has 0 heterocycles. The van der Waals surface area contributed by atoms with Crippen molar-refractivity contribution in [1.82, 2.24) is 5.32 Å². The average molecular weight is 305 g/mol. The Bertz CT molecular complexity index is 617. The van der Waals surface area contributed by atoms with Crippen LogP contribution in [0.1, 0.15) is 15.9 Å². The summed E-state index contributed by atoms with van der Waals surface area (Å²) in [5, 5.41) is 12.5. The quantitative estimate of drug-likeness (QED) is 0.742. The number of carbonyl (C=O) groups excluding carboxylic acids is 1. The number of amides is 1. The topological polar surface area (TPSA) is 75.4 Å². The fourth-order valence-corrected chi connectivity index (χ4v) is 2.31. The summed E-state index contributed by atoms with van der Waals surface area (Å²) in [7, 11) is 0. The summed E-state index contributed by atoms with van der Waals surface area (Å²) in [6.07, 6.45) is 0.551. The molecule has 0 fully saturated rings. The molecule has 0 saturated carbocycles. The molecule has 110 valence electrons. The van der Waals surface area contributed by atoms with Crippen molar-refractivity contribution in [2.45, 2.75) is 12.5 Å². The van der Waals surface area contributed by atoms with Gasteiger partial charge in [0.05, 0.1) is 23.2 Å². The second-order valence-electron chi connectivity index (χ2n) is 4.78. The van der Waals surface area contributed by atoms with Crippen LogP contribution in [0, 0.1) is 0 Å². The third kappa shape index (κ3) is 4.21. The Morgan fingerprint density at radius 3 is 2.57 bits per heavy atom. The summed E-state index contributed by atoms with van der Waals surface area (Å²) in [4.78, 5) is 12.2. The molecule has 0 aromatic heterocycles. The Morgan fingerprint density at radius 2 is 1.95 bits per heavy atom. The number of hydrogen-bond donors (Lipinski definition) is 3. The van der Waals surface area contributed by atoms with Crippen molar-refractivity contribution in [2.24, 2.45) is 0 Å². The molecular formula is C16H17ClN2O2. The van der Waals surface area contributed by atoms with Gasteiger partial charge in [0, 0.05) is 5.69 Å². The monoisotopic (exact) mass is 304 g/mol. The van der Waals surface area contributed by atoms with E-state index in [0.29, 0.717) is 22.7 Å². The highest BCUT2D eigenvalue weighted by Gasteiger charge is 2.16. The van der Waals surface area contributed by atoms with Gasteiger partial charge in [-0.2, -0.15) is 0 Å². The maximum atomic E-state index is 12.2. The molecule has 4 nitrogen and oxygen atoms in total. The van der Waals surface area contributed by atoms with E-state index >= 15 is 0 Å². The van der Waals surface area contributed by atoms with E-state index in [1.165, 1.54) is 6.07 Å². The fraction of sp³-hybridized carbons (Fsp3) is 0.188. The number of aliphatic hydroxyl groups excluding tert-OH is 1. The van der Waals surface area contributed by atoms with Gasteiger partial charge in [-0.25, -0.2) is 0 Å². The van der Waals surface area contributed by atoms with Gasteiger partial charge in [-0.3, -0.25) is 4.79 Å². The minimum absolute atomic E-state index is 0.146. The van der Waals surface area contributed by atoms with Crippen LogP contribution < -0.4 is 11.1 Å². The van der Waals surface area contributed by atoms with Gasteiger partial charge >= 0.3 is 0 Å². The van der Waals surface area contributed by atoms with Crippen molar-refractivity contribution in [3.05, 3.63) is 64.7 Å². The van der Waals surface area contributed by atoms with E-state index in [9.17, 15) is 9.90 Å². The lowest BCUT2D eigenvalue weighted by Crippen LogP contribution is -2.39. The molecule has 21 heavy (non-hydrogen) atoms. The number of nitrogen functional groups attached to an aromatic ring is 1. The molecule has 0 aliphatic heterocycles. The average Bonchev–Trinajstić information content (AvgIpc) is 2.47. The van der Waals surface area contributed by atoms with Crippen molar-refractivity contribution >= 4 is 23.2 Å². The van der Waals surface area contributed by atoms with Crippen LogP contribution in [-0.2, 0) is 6.42 Å². The molecule has 1 amide bonds. The third-order valence-corrected chi connectivity index (χ3v) is 3.43. The highest BCUT2D eigenvalue weighted by molar-refractivity contribution is 6.34. The van der Waals surface area contributed by atoms with Crippen LogP contribution in [0.25, 0.3) is 0 Å². The van der Waals surface area contributed by atoms with E-state index < -0.39 is 0 Å². The summed E-state index contributed by atoms with van der Waals surface area (Å²) < 4.78 is 0. The highest BCUT2D eigenvalue weighted by Crippen LogP contribution is 2.19. The summed E-state index contributed by atoms with van der Waals surface area (Å²) in [6.45, 7) is -0.146. The van der Waals surface area contributed by atoms with Gasteiger partial charge in [0.1, 0.15) is 0 Å². The normalized spacial score (nSPS) is 11.9. The zero-order valence-electron chi connectivity index (χ0n) is 11.4. The predicted octanol–water partition coefficient (Wildman–Crippen LogP) is 2.26. The van der Waals surface area contributed by atoms with E-state index in [-0.39, 0.29) is 18.6 Å². The number of aliphatic hydroxyl groups is 1. The number of nitrogens with two attached hydrogens (primary N) is 1. The van der Waals surface area contributed by atoms with Crippen molar-refractivity contribution in [3.8, 4) is 0 Å². The SMILES string of the molecule is Nc1ccc(C(=O)N[C@H](CO)Cc2ccccc2)c(Cl)c1. The lowest BCUT2D eigenvalue weighted by atomic mass is 10.1. The van der Waals surface area contributed by atoms with Crippen LogP contribution in [0.2, 0.25) is 5.02 Å². The minimum Gasteiger partial charge on any atom is -0.399 e. The number of benzene rings is 2. The van der Waals surface area contributed by atoms with Gasteiger partial charge in [0.25, 0.3) is 5.91 Å². The second kappa shape index (κ2) is 7.11. The zero-order chi connectivity index (χ0) is 15.2.